The van der Waals surface area contributed by atoms with Gasteiger partial charge in [-0.05, 0) is 33.2 Å². The predicted octanol–water partition coefficient (Wildman–Crippen LogP) is 3.17. The van der Waals surface area contributed by atoms with Crippen molar-refractivity contribution in [2.45, 2.75) is 6.92 Å². The number of anilines is 2. The van der Waals surface area contributed by atoms with E-state index in [0.717, 1.165) is 18.1 Å². The van der Waals surface area contributed by atoms with Gasteiger partial charge in [-0.25, -0.2) is 4.98 Å². The van der Waals surface area contributed by atoms with Gasteiger partial charge in [0, 0.05) is 24.9 Å². The van der Waals surface area contributed by atoms with E-state index in [1.54, 1.807) is 13.3 Å². The summed E-state index contributed by atoms with van der Waals surface area (Å²) < 4.78 is 17.1. The molecule has 0 aliphatic carbocycles. The molecule has 0 saturated heterocycles. The molecule has 0 radical (unpaired) electrons. The van der Waals surface area contributed by atoms with E-state index in [9.17, 15) is 0 Å². The van der Waals surface area contributed by atoms with Crippen molar-refractivity contribution in [2.24, 2.45) is 0 Å². The van der Waals surface area contributed by atoms with Crippen molar-refractivity contribution in [1.29, 1.82) is 0 Å². The Kier molecular flexibility index (Phi) is 6.69. The van der Waals surface area contributed by atoms with Gasteiger partial charge in [0.25, 0.3) is 0 Å². The molecule has 2 rings (SSSR count). The zero-order chi connectivity index (χ0) is 17.4. The van der Waals surface area contributed by atoms with E-state index in [4.69, 9.17) is 14.2 Å². The highest BCUT2D eigenvalue weighted by Crippen LogP contribution is 2.39. The molecule has 0 unspecified atom stereocenters. The number of hydrogen-bond donors (Lipinski definition) is 1. The third kappa shape index (κ3) is 5.03. The Bertz CT molecular complexity index is 633. The van der Waals surface area contributed by atoms with Crippen LogP contribution in [0.3, 0.4) is 0 Å². The van der Waals surface area contributed by atoms with E-state index < -0.39 is 0 Å². The lowest BCUT2D eigenvalue weighted by atomic mass is 10.2. The molecule has 0 saturated carbocycles. The van der Waals surface area contributed by atoms with Crippen LogP contribution in [0, 0.1) is 0 Å². The highest BCUT2D eigenvalue weighted by atomic mass is 16.5. The van der Waals surface area contributed by atoms with Crippen LogP contribution in [-0.4, -0.2) is 50.8 Å². The average Bonchev–Trinajstić information content (AvgIpc) is 2.57. The fourth-order valence-corrected chi connectivity index (χ4v) is 2.10. The molecule has 0 fully saturated rings. The highest BCUT2D eigenvalue weighted by molar-refractivity contribution is 5.69. The maximum atomic E-state index is 5.86. The minimum atomic E-state index is 0.555. The van der Waals surface area contributed by atoms with Crippen molar-refractivity contribution in [3.05, 3.63) is 36.5 Å². The molecule has 0 atom stereocenters. The normalized spacial score (nSPS) is 10.5. The van der Waals surface area contributed by atoms with Crippen LogP contribution in [-0.2, 0) is 0 Å². The molecule has 0 spiro atoms. The van der Waals surface area contributed by atoms with Crippen LogP contribution in [0.25, 0.3) is 0 Å². The van der Waals surface area contributed by atoms with E-state index in [-0.39, 0.29) is 0 Å². The number of aromatic nitrogens is 1. The summed E-state index contributed by atoms with van der Waals surface area (Å²) in [7, 11) is 5.64. The number of nitrogens with one attached hydrogen (secondary N) is 1. The number of benzene rings is 1. The van der Waals surface area contributed by atoms with Crippen molar-refractivity contribution < 1.29 is 14.2 Å². The maximum Gasteiger partial charge on any atom is 0.165 e. The summed E-state index contributed by atoms with van der Waals surface area (Å²) in [5.41, 5.74) is 0.777. The van der Waals surface area contributed by atoms with E-state index in [2.05, 4.69) is 15.2 Å². The summed E-state index contributed by atoms with van der Waals surface area (Å²) in [6, 6.07) is 9.40. The summed E-state index contributed by atoms with van der Waals surface area (Å²) in [4.78, 5) is 6.34. The molecule has 1 aromatic carbocycles. The van der Waals surface area contributed by atoms with Gasteiger partial charge in [-0.15, -0.1) is 0 Å². The van der Waals surface area contributed by atoms with Gasteiger partial charge in [-0.3, -0.25) is 0 Å². The Hall–Kier alpha value is -2.47. The van der Waals surface area contributed by atoms with E-state index in [1.807, 2.05) is 51.4 Å². The molecule has 6 heteroatoms. The first-order chi connectivity index (χ1) is 11.6. The van der Waals surface area contributed by atoms with Gasteiger partial charge in [0.1, 0.15) is 18.2 Å². The van der Waals surface area contributed by atoms with Gasteiger partial charge in [0.15, 0.2) is 11.5 Å². The number of methoxy groups -OCH3 is 1. The van der Waals surface area contributed by atoms with Crippen LogP contribution >= 0.6 is 0 Å². The monoisotopic (exact) mass is 331 g/mol. The van der Waals surface area contributed by atoms with Crippen LogP contribution in [0.15, 0.2) is 36.5 Å². The lowest BCUT2D eigenvalue weighted by Crippen LogP contribution is -2.19. The summed E-state index contributed by atoms with van der Waals surface area (Å²) in [5, 5.41) is 3.24. The fraction of sp³-hybridized carbons (Fsp3) is 0.389. The van der Waals surface area contributed by atoms with Crippen molar-refractivity contribution in [3.8, 4) is 17.2 Å². The average molecular weight is 331 g/mol. The number of ether oxygens (including phenoxy) is 3. The zero-order valence-corrected chi connectivity index (χ0v) is 14.7. The first-order valence-corrected chi connectivity index (χ1v) is 7.94. The smallest absolute Gasteiger partial charge is 0.165 e. The van der Waals surface area contributed by atoms with Crippen molar-refractivity contribution in [3.63, 3.8) is 0 Å². The number of pyridine rings is 1. The number of rotatable bonds is 9. The molecule has 1 N–H and O–H groups in total. The standard InChI is InChI=1S/C18H25N3O3/c1-5-23-16-12-14(20-18-8-6-7-9-19-18)15(22-4)13-17(16)24-11-10-21(2)3/h6-9,12-13H,5,10-11H2,1-4H3,(H,19,20). The predicted molar refractivity (Wildman–Crippen MR) is 95.7 cm³/mol. The summed E-state index contributed by atoms with van der Waals surface area (Å²) in [6.45, 7) is 3.89. The van der Waals surface area contributed by atoms with Crippen LogP contribution in [0.2, 0.25) is 0 Å². The second kappa shape index (κ2) is 8.98. The van der Waals surface area contributed by atoms with Gasteiger partial charge in [-0.1, -0.05) is 6.07 Å². The Balaban J connectivity index is 2.25. The first-order valence-electron chi connectivity index (χ1n) is 7.94. The lowest BCUT2D eigenvalue weighted by Gasteiger charge is -2.18. The molecule has 0 aliphatic rings. The molecule has 1 heterocycles. The quantitative estimate of drug-likeness (QED) is 0.762. The Labute approximate surface area is 143 Å². The largest absolute Gasteiger partial charge is 0.494 e. The second-order valence-electron chi connectivity index (χ2n) is 5.42. The molecule has 1 aromatic heterocycles. The van der Waals surface area contributed by atoms with Crippen molar-refractivity contribution in [1.82, 2.24) is 9.88 Å². The first kappa shape index (κ1) is 17.9. The minimum absolute atomic E-state index is 0.555. The maximum absolute atomic E-state index is 5.86. The van der Waals surface area contributed by atoms with Crippen LogP contribution in [0.5, 0.6) is 17.2 Å². The van der Waals surface area contributed by atoms with Crippen LogP contribution < -0.4 is 19.5 Å². The zero-order valence-electron chi connectivity index (χ0n) is 14.7. The SMILES string of the molecule is CCOc1cc(Nc2ccccn2)c(OC)cc1OCCN(C)C. The van der Waals surface area contributed by atoms with Crippen LogP contribution in [0.4, 0.5) is 11.5 Å². The van der Waals surface area contributed by atoms with E-state index in [1.165, 1.54) is 0 Å². The topological polar surface area (TPSA) is 55.9 Å². The van der Waals surface area contributed by atoms with Gasteiger partial charge >= 0.3 is 0 Å². The molecular formula is C18H25N3O3. The minimum Gasteiger partial charge on any atom is -0.494 e. The Morgan fingerprint density at radius 1 is 1.08 bits per heavy atom. The van der Waals surface area contributed by atoms with Crippen molar-refractivity contribution in [2.75, 3.05) is 46.3 Å². The third-order valence-electron chi connectivity index (χ3n) is 3.29. The molecule has 24 heavy (non-hydrogen) atoms. The number of likely N-dealkylation sites (N-methyl/N-ethyl adjacent to an activating group) is 1. The van der Waals surface area contributed by atoms with Gasteiger partial charge in [0.2, 0.25) is 0 Å². The summed E-state index contributed by atoms with van der Waals surface area (Å²) >= 11 is 0. The highest BCUT2D eigenvalue weighted by Gasteiger charge is 2.13. The molecule has 6 nitrogen and oxygen atoms in total. The summed E-state index contributed by atoms with van der Waals surface area (Å²) in [6.07, 6.45) is 1.73. The Morgan fingerprint density at radius 3 is 2.50 bits per heavy atom. The Morgan fingerprint density at radius 2 is 1.88 bits per heavy atom. The van der Waals surface area contributed by atoms with Crippen molar-refractivity contribution >= 4 is 11.5 Å². The van der Waals surface area contributed by atoms with E-state index >= 15 is 0 Å². The molecule has 130 valence electrons. The number of nitrogens with zero attached hydrogens (tertiary/aromatic N) is 2. The number of hydrogen-bond acceptors (Lipinski definition) is 6. The molecule has 0 bridgehead atoms. The molecule has 2 aromatic rings. The third-order valence-corrected chi connectivity index (χ3v) is 3.29. The molecule has 0 aliphatic heterocycles. The van der Waals surface area contributed by atoms with Crippen LogP contribution in [0.1, 0.15) is 6.92 Å². The van der Waals surface area contributed by atoms with Gasteiger partial charge in [-0.2, -0.15) is 0 Å². The lowest BCUT2D eigenvalue weighted by molar-refractivity contribution is 0.243. The fourth-order valence-electron chi connectivity index (χ4n) is 2.10. The summed E-state index contributed by atoms with van der Waals surface area (Å²) in [5.74, 6) is 2.75. The van der Waals surface area contributed by atoms with Gasteiger partial charge < -0.3 is 24.4 Å². The van der Waals surface area contributed by atoms with Gasteiger partial charge in [0.05, 0.1) is 19.4 Å². The molecule has 0 amide bonds. The molecular weight excluding hydrogens is 306 g/mol. The van der Waals surface area contributed by atoms with E-state index in [0.29, 0.717) is 30.5 Å². The second-order valence-corrected chi connectivity index (χ2v) is 5.42.